The average molecular weight is 446 g/mol. The van der Waals surface area contributed by atoms with E-state index in [2.05, 4.69) is 33.3 Å². The lowest BCUT2D eigenvalue weighted by Crippen LogP contribution is -3.14. The minimum atomic E-state index is -0.0379. The number of quaternary nitrogens is 1. The van der Waals surface area contributed by atoms with Crippen LogP contribution in [0.25, 0.3) is 10.9 Å². The highest BCUT2D eigenvalue weighted by Gasteiger charge is 2.38. The Kier molecular flexibility index (Phi) is 5.54. The van der Waals surface area contributed by atoms with Crippen molar-refractivity contribution >= 4 is 23.0 Å². The van der Waals surface area contributed by atoms with Crippen LogP contribution in [0.4, 0.5) is 0 Å². The number of nitrogens with one attached hydrogen (secondary N) is 2. The van der Waals surface area contributed by atoms with Crippen LogP contribution in [-0.2, 0) is 17.8 Å². The van der Waals surface area contributed by atoms with Gasteiger partial charge in [0.15, 0.2) is 6.54 Å². The topological polar surface area (TPSA) is 64.0 Å². The standard InChI is InChI=1S/C27H32N4O2/c32-26(29-28-17-21-8-5-15-33-21)18-30-13-14-31-24-12-11-20(19-6-2-1-3-7-19)16-23(24)22-9-4-10-25(30)27(22)31/h5,8,11-12,15-17,19,25H,1-4,6-7,9-10,13-14,18H2,(H,29,32)/p+1/b28-17+/t25-/m0/s1. The summed E-state index contributed by atoms with van der Waals surface area (Å²) in [5, 5.41) is 5.54. The Bertz CT molecular complexity index is 1170. The molecule has 1 amide bonds. The smallest absolute Gasteiger partial charge is 0.295 e. The predicted octanol–water partition coefficient (Wildman–Crippen LogP) is 3.71. The summed E-state index contributed by atoms with van der Waals surface area (Å²) in [4.78, 5) is 14.0. The Morgan fingerprint density at radius 2 is 2.09 bits per heavy atom. The first kappa shape index (κ1) is 20.7. The monoisotopic (exact) mass is 445 g/mol. The first-order valence-corrected chi connectivity index (χ1v) is 12.6. The van der Waals surface area contributed by atoms with E-state index >= 15 is 0 Å². The zero-order valence-corrected chi connectivity index (χ0v) is 19.2. The lowest BCUT2D eigenvalue weighted by molar-refractivity contribution is -0.929. The zero-order valence-electron chi connectivity index (χ0n) is 19.2. The molecule has 172 valence electrons. The lowest BCUT2D eigenvalue weighted by atomic mass is 9.83. The molecule has 3 heterocycles. The average Bonchev–Trinajstić information content (AvgIpc) is 3.48. The zero-order chi connectivity index (χ0) is 22.2. The molecule has 2 atom stereocenters. The van der Waals surface area contributed by atoms with Crippen LogP contribution in [0, 0.1) is 0 Å². The van der Waals surface area contributed by atoms with Gasteiger partial charge in [-0.15, -0.1) is 0 Å². The summed E-state index contributed by atoms with van der Waals surface area (Å²) in [5.41, 5.74) is 8.67. The molecule has 2 aliphatic carbocycles. The maximum atomic E-state index is 12.6. The maximum absolute atomic E-state index is 12.6. The molecule has 3 aromatic rings. The van der Waals surface area contributed by atoms with E-state index in [0.717, 1.165) is 31.8 Å². The Labute approximate surface area is 194 Å². The van der Waals surface area contributed by atoms with Crippen molar-refractivity contribution in [2.24, 2.45) is 5.10 Å². The van der Waals surface area contributed by atoms with Gasteiger partial charge in [0.05, 0.1) is 31.3 Å². The van der Waals surface area contributed by atoms with E-state index in [1.54, 1.807) is 29.7 Å². The van der Waals surface area contributed by atoms with Crippen molar-refractivity contribution in [1.82, 2.24) is 9.99 Å². The second kappa shape index (κ2) is 8.82. The Balaban J connectivity index is 1.23. The van der Waals surface area contributed by atoms with Gasteiger partial charge in [0.1, 0.15) is 11.8 Å². The summed E-state index contributed by atoms with van der Waals surface area (Å²) < 4.78 is 7.79. The molecule has 2 aromatic heterocycles. The quantitative estimate of drug-likeness (QED) is 0.465. The lowest BCUT2D eigenvalue weighted by Gasteiger charge is -2.36. The van der Waals surface area contributed by atoms with Crippen LogP contribution in [0.15, 0.2) is 46.1 Å². The van der Waals surface area contributed by atoms with Gasteiger partial charge < -0.3 is 13.9 Å². The fraction of sp³-hybridized carbons (Fsp3) is 0.481. The van der Waals surface area contributed by atoms with Gasteiger partial charge in [0.2, 0.25) is 0 Å². The van der Waals surface area contributed by atoms with Crippen molar-refractivity contribution in [1.29, 1.82) is 0 Å². The Morgan fingerprint density at radius 3 is 2.94 bits per heavy atom. The van der Waals surface area contributed by atoms with Gasteiger partial charge in [-0.25, -0.2) is 5.43 Å². The first-order chi connectivity index (χ1) is 16.3. The molecule has 1 saturated carbocycles. The number of furan rings is 1. The minimum absolute atomic E-state index is 0.0379. The summed E-state index contributed by atoms with van der Waals surface area (Å²) in [6.07, 6.45) is 13.5. The molecular weight excluding hydrogens is 412 g/mol. The molecule has 6 nitrogen and oxygen atoms in total. The SMILES string of the molecule is O=C(C[NH+]1CCn2c3c(c4cc(C5CCCCC5)ccc42)CCC[C@@H]31)N/N=C/c1ccco1. The molecule has 2 N–H and O–H groups in total. The minimum Gasteiger partial charge on any atom is -0.463 e. The fourth-order valence-electron chi connectivity index (χ4n) is 6.49. The first-order valence-electron chi connectivity index (χ1n) is 12.6. The van der Waals surface area contributed by atoms with E-state index in [1.807, 2.05) is 6.07 Å². The molecule has 6 heteroatoms. The number of hydrogen-bond acceptors (Lipinski definition) is 3. The van der Waals surface area contributed by atoms with E-state index in [-0.39, 0.29) is 5.91 Å². The number of benzene rings is 1. The highest BCUT2D eigenvalue weighted by Crippen LogP contribution is 2.40. The van der Waals surface area contributed by atoms with Crippen LogP contribution < -0.4 is 10.3 Å². The van der Waals surface area contributed by atoms with E-state index in [9.17, 15) is 4.79 Å². The summed E-state index contributed by atoms with van der Waals surface area (Å²) in [6.45, 7) is 2.40. The van der Waals surface area contributed by atoms with Crippen molar-refractivity contribution in [3.8, 4) is 0 Å². The van der Waals surface area contributed by atoms with Gasteiger partial charge in [0.25, 0.3) is 5.91 Å². The van der Waals surface area contributed by atoms with E-state index in [1.165, 1.54) is 60.0 Å². The highest BCUT2D eigenvalue weighted by atomic mass is 16.3. The number of rotatable bonds is 5. The predicted molar refractivity (Wildman–Crippen MR) is 129 cm³/mol. The van der Waals surface area contributed by atoms with E-state index in [0.29, 0.717) is 18.3 Å². The maximum Gasteiger partial charge on any atom is 0.295 e. The molecule has 1 aliphatic heterocycles. The fourth-order valence-corrected chi connectivity index (χ4v) is 6.49. The second-order valence-corrected chi connectivity index (χ2v) is 9.97. The molecule has 1 unspecified atom stereocenters. The number of aromatic nitrogens is 1. The molecule has 33 heavy (non-hydrogen) atoms. The third-order valence-electron chi connectivity index (χ3n) is 8.02. The normalized spacial score (nSPS) is 23.2. The van der Waals surface area contributed by atoms with E-state index < -0.39 is 0 Å². The molecule has 1 fully saturated rings. The van der Waals surface area contributed by atoms with E-state index in [4.69, 9.17) is 4.42 Å². The molecule has 1 aromatic carbocycles. The molecule has 0 saturated heterocycles. The van der Waals surface area contributed by atoms with Crippen LogP contribution >= 0.6 is 0 Å². The Hall–Kier alpha value is -2.86. The third kappa shape index (κ3) is 3.90. The molecule has 3 aliphatic rings. The number of nitrogens with zero attached hydrogens (tertiary/aromatic N) is 2. The van der Waals surface area contributed by atoms with Crippen LogP contribution in [0.1, 0.15) is 79.5 Å². The van der Waals surface area contributed by atoms with Crippen molar-refractivity contribution in [3.05, 3.63) is 59.2 Å². The van der Waals surface area contributed by atoms with Gasteiger partial charge in [-0.3, -0.25) is 4.79 Å². The van der Waals surface area contributed by atoms with Gasteiger partial charge in [-0.1, -0.05) is 25.3 Å². The van der Waals surface area contributed by atoms with Crippen molar-refractivity contribution in [2.45, 2.75) is 69.9 Å². The molecule has 0 bridgehead atoms. The highest BCUT2D eigenvalue weighted by molar-refractivity contribution is 5.87. The summed E-state index contributed by atoms with van der Waals surface area (Å²) >= 11 is 0. The van der Waals surface area contributed by atoms with Crippen LogP contribution in [0.5, 0.6) is 0 Å². The number of carbonyl (C=O) groups excluding carboxylic acids is 1. The molecule has 0 radical (unpaired) electrons. The van der Waals surface area contributed by atoms with Gasteiger partial charge in [0, 0.05) is 17.3 Å². The third-order valence-corrected chi connectivity index (χ3v) is 8.02. The molecule has 0 spiro atoms. The summed E-state index contributed by atoms with van der Waals surface area (Å²) in [6, 6.07) is 11.3. The molecular formula is C27H33N4O2+. The number of fused-ring (bicyclic) bond motifs is 3. The van der Waals surface area contributed by atoms with Crippen molar-refractivity contribution in [2.75, 3.05) is 13.1 Å². The van der Waals surface area contributed by atoms with Crippen LogP contribution in [0.2, 0.25) is 0 Å². The number of hydrogen-bond donors (Lipinski definition) is 2. The van der Waals surface area contributed by atoms with Gasteiger partial charge >= 0.3 is 0 Å². The number of aryl methyl sites for hydroxylation is 1. The number of carbonyl (C=O) groups is 1. The van der Waals surface area contributed by atoms with Gasteiger partial charge in [-0.2, -0.15) is 5.10 Å². The second-order valence-electron chi connectivity index (χ2n) is 9.97. The largest absolute Gasteiger partial charge is 0.463 e. The van der Waals surface area contributed by atoms with Crippen LogP contribution in [-0.4, -0.2) is 29.8 Å². The van der Waals surface area contributed by atoms with Gasteiger partial charge in [-0.05, 0) is 67.0 Å². The summed E-state index contributed by atoms with van der Waals surface area (Å²) in [7, 11) is 0. The number of hydrazone groups is 1. The summed E-state index contributed by atoms with van der Waals surface area (Å²) in [5.74, 6) is 1.33. The van der Waals surface area contributed by atoms with Crippen molar-refractivity contribution < 1.29 is 14.1 Å². The Morgan fingerprint density at radius 1 is 1.18 bits per heavy atom. The van der Waals surface area contributed by atoms with Crippen molar-refractivity contribution in [3.63, 3.8) is 0 Å². The number of amides is 1. The molecule has 6 rings (SSSR count). The van der Waals surface area contributed by atoms with Crippen LogP contribution in [0.3, 0.4) is 0 Å².